The highest BCUT2D eigenvalue weighted by atomic mass is 16.4. The van der Waals surface area contributed by atoms with Gasteiger partial charge in [0.1, 0.15) is 5.52 Å². The van der Waals surface area contributed by atoms with Crippen molar-refractivity contribution in [3.63, 3.8) is 0 Å². The molecule has 2 aromatic carbocycles. The highest BCUT2D eigenvalue weighted by Gasteiger charge is 2.18. The van der Waals surface area contributed by atoms with Gasteiger partial charge in [0.05, 0.1) is 11.4 Å². The summed E-state index contributed by atoms with van der Waals surface area (Å²) in [6.07, 6.45) is 1.70. The Kier molecular flexibility index (Phi) is 3.05. The minimum atomic E-state index is 0.506. The minimum Gasteiger partial charge on any atom is -0.404 e. The van der Waals surface area contributed by atoms with Crippen molar-refractivity contribution in [2.75, 3.05) is 4.90 Å². The van der Waals surface area contributed by atoms with Crippen LogP contribution >= 0.6 is 0 Å². The van der Waals surface area contributed by atoms with Crippen LogP contribution < -0.4 is 4.90 Å². The van der Waals surface area contributed by atoms with Crippen LogP contribution in [0.15, 0.2) is 83.4 Å². The molecule has 0 fully saturated rings. The Balaban J connectivity index is 1.90. The summed E-state index contributed by atoms with van der Waals surface area (Å²) in [5.41, 5.74) is 3.25. The third-order valence-corrected chi connectivity index (χ3v) is 3.38. The third-order valence-electron chi connectivity index (χ3n) is 3.38. The topological polar surface area (TPSA) is 42.2 Å². The molecule has 0 saturated heterocycles. The highest BCUT2D eigenvalue weighted by Crippen LogP contribution is 2.34. The second-order valence-corrected chi connectivity index (χ2v) is 4.83. The molecule has 0 aliphatic heterocycles. The first-order valence-corrected chi connectivity index (χ1v) is 7.03. The largest absolute Gasteiger partial charge is 0.404 e. The summed E-state index contributed by atoms with van der Waals surface area (Å²) < 4.78 is 5.84. The average molecular weight is 287 g/mol. The lowest BCUT2D eigenvalue weighted by Gasteiger charge is -2.20. The molecule has 106 valence electrons. The van der Waals surface area contributed by atoms with Crippen molar-refractivity contribution in [2.24, 2.45) is 0 Å². The number of pyridine rings is 1. The highest BCUT2D eigenvalue weighted by molar-refractivity contribution is 5.77. The molecule has 22 heavy (non-hydrogen) atoms. The van der Waals surface area contributed by atoms with Gasteiger partial charge in [-0.05, 0) is 36.4 Å². The van der Waals surface area contributed by atoms with Crippen LogP contribution in [-0.4, -0.2) is 9.97 Å². The van der Waals surface area contributed by atoms with Crippen LogP contribution in [0.4, 0.5) is 17.4 Å². The summed E-state index contributed by atoms with van der Waals surface area (Å²) in [7, 11) is 0. The molecule has 0 radical (unpaired) electrons. The van der Waals surface area contributed by atoms with E-state index in [4.69, 9.17) is 4.42 Å². The number of oxazole rings is 1. The van der Waals surface area contributed by atoms with Crippen LogP contribution in [0.25, 0.3) is 11.2 Å². The van der Waals surface area contributed by atoms with Gasteiger partial charge in [0.25, 0.3) is 0 Å². The third kappa shape index (κ3) is 2.20. The summed E-state index contributed by atoms with van der Waals surface area (Å²) in [4.78, 5) is 10.8. The lowest BCUT2D eigenvalue weighted by atomic mass is 10.2. The Bertz CT molecular complexity index is 815. The molecule has 4 aromatic rings. The van der Waals surface area contributed by atoms with E-state index in [0.717, 1.165) is 16.9 Å². The first-order valence-electron chi connectivity index (χ1n) is 7.03. The molecule has 0 bridgehead atoms. The van der Waals surface area contributed by atoms with Crippen molar-refractivity contribution in [3.05, 3.63) is 79.0 Å². The number of rotatable bonds is 3. The van der Waals surface area contributed by atoms with E-state index in [0.29, 0.717) is 11.7 Å². The predicted octanol–water partition coefficient (Wildman–Crippen LogP) is 4.69. The van der Waals surface area contributed by atoms with Gasteiger partial charge in [-0.2, -0.15) is 4.98 Å². The monoisotopic (exact) mass is 287 g/mol. The summed E-state index contributed by atoms with van der Waals surface area (Å²) in [6, 6.07) is 24.3. The van der Waals surface area contributed by atoms with Crippen LogP contribution in [0.1, 0.15) is 0 Å². The van der Waals surface area contributed by atoms with Crippen LogP contribution in [0.3, 0.4) is 0 Å². The Hall–Kier alpha value is -3.14. The predicted molar refractivity (Wildman–Crippen MR) is 86.5 cm³/mol. The van der Waals surface area contributed by atoms with Gasteiger partial charge < -0.3 is 4.42 Å². The lowest BCUT2D eigenvalue weighted by Crippen LogP contribution is -2.09. The molecule has 0 unspecified atom stereocenters. The second kappa shape index (κ2) is 5.33. The summed E-state index contributed by atoms with van der Waals surface area (Å²) in [5, 5.41) is 0. The van der Waals surface area contributed by atoms with Gasteiger partial charge in [0.15, 0.2) is 0 Å². The van der Waals surface area contributed by atoms with Gasteiger partial charge in [0.2, 0.25) is 5.71 Å². The fourth-order valence-electron chi connectivity index (χ4n) is 2.38. The van der Waals surface area contributed by atoms with E-state index < -0.39 is 0 Å². The molecule has 0 N–H and O–H groups in total. The van der Waals surface area contributed by atoms with E-state index in [9.17, 15) is 0 Å². The zero-order valence-electron chi connectivity index (χ0n) is 11.8. The van der Waals surface area contributed by atoms with Crippen LogP contribution in [0, 0.1) is 0 Å². The fourth-order valence-corrected chi connectivity index (χ4v) is 2.38. The number of benzene rings is 2. The molecule has 0 atom stereocenters. The molecule has 4 heteroatoms. The Morgan fingerprint density at radius 3 is 1.95 bits per heavy atom. The molecule has 2 aromatic heterocycles. The SMILES string of the molecule is c1ccc(N(c2ccccc2)c2nc3cccnc3o2)cc1. The Labute approximate surface area is 127 Å². The van der Waals surface area contributed by atoms with Gasteiger partial charge >= 0.3 is 6.01 Å². The molecule has 0 aliphatic carbocycles. The summed E-state index contributed by atoms with van der Waals surface area (Å²) in [6.45, 7) is 0. The van der Waals surface area contributed by atoms with Gasteiger partial charge in [0, 0.05) is 6.20 Å². The lowest BCUT2D eigenvalue weighted by molar-refractivity contribution is 0.597. The van der Waals surface area contributed by atoms with Crippen molar-refractivity contribution in [1.82, 2.24) is 9.97 Å². The Morgan fingerprint density at radius 2 is 1.36 bits per heavy atom. The Morgan fingerprint density at radius 1 is 0.727 bits per heavy atom. The number of aromatic nitrogens is 2. The fraction of sp³-hybridized carbons (Fsp3) is 0. The zero-order chi connectivity index (χ0) is 14.8. The second-order valence-electron chi connectivity index (χ2n) is 4.83. The van der Waals surface area contributed by atoms with Crippen molar-refractivity contribution >= 4 is 28.6 Å². The number of hydrogen-bond donors (Lipinski definition) is 0. The van der Waals surface area contributed by atoms with E-state index >= 15 is 0 Å². The summed E-state index contributed by atoms with van der Waals surface area (Å²) >= 11 is 0. The standard InChI is InChI=1S/C18H13N3O/c1-3-8-14(9-4-1)21(15-10-5-2-6-11-15)18-20-16-12-7-13-19-17(16)22-18/h1-13H. The van der Waals surface area contributed by atoms with Crippen LogP contribution in [0.2, 0.25) is 0 Å². The number of nitrogens with zero attached hydrogens (tertiary/aromatic N) is 3. The van der Waals surface area contributed by atoms with Gasteiger partial charge in [-0.3, -0.25) is 4.90 Å². The first-order chi connectivity index (χ1) is 10.9. The maximum Gasteiger partial charge on any atom is 0.309 e. The number of fused-ring (bicyclic) bond motifs is 1. The van der Waals surface area contributed by atoms with Gasteiger partial charge in [-0.15, -0.1) is 0 Å². The molecule has 2 heterocycles. The number of para-hydroxylation sites is 2. The molecule has 4 rings (SSSR count). The molecule has 0 spiro atoms. The molecule has 0 saturated carbocycles. The van der Waals surface area contributed by atoms with E-state index in [-0.39, 0.29) is 0 Å². The van der Waals surface area contributed by atoms with Crippen molar-refractivity contribution in [2.45, 2.75) is 0 Å². The molecule has 0 amide bonds. The molecular formula is C18H13N3O. The minimum absolute atomic E-state index is 0.506. The summed E-state index contributed by atoms with van der Waals surface area (Å²) in [5.74, 6) is 0. The van der Waals surface area contributed by atoms with Crippen molar-refractivity contribution < 1.29 is 4.42 Å². The average Bonchev–Trinajstić information content (AvgIpc) is 3.00. The van der Waals surface area contributed by atoms with Gasteiger partial charge in [-0.1, -0.05) is 36.4 Å². The molecular weight excluding hydrogens is 274 g/mol. The van der Waals surface area contributed by atoms with E-state index in [1.807, 2.05) is 77.7 Å². The molecule has 4 nitrogen and oxygen atoms in total. The normalized spacial score (nSPS) is 10.7. The number of anilines is 3. The number of hydrogen-bond acceptors (Lipinski definition) is 4. The van der Waals surface area contributed by atoms with E-state index in [1.165, 1.54) is 0 Å². The molecule has 0 aliphatic rings. The smallest absolute Gasteiger partial charge is 0.309 e. The maximum absolute atomic E-state index is 5.84. The van der Waals surface area contributed by atoms with Gasteiger partial charge in [-0.25, -0.2) is 4.98 Å². The van der Waals surface area contributed by atoms with E-state index in [1.54, 1.807) is 6.20 Å². The van der Waals surface area contributed by atoms with E-state index in [2.05, 4.69) is 9.97 Å². The zero-order valence-corrected chi connectivity index (χ0v) is 11.8. The first kappa shape index (κ1) is 12.6. The van der Waals surface area contributed by atoms with Crippen LogP contribution in [0.5, 0.6) is 0 Å². The van der Waals surface area contributed by atoms with Crippen molar-refractivity contribution in [3.8, 4) is 0 Å². The van der Waals surface area contributed by atoms with Crippen LogP contribution in [-0.2, 0) is 0 Å². The van der Waals surface area contributed by atoms with Crippen molar-refractivity contribution in [1.29, 1.82) is 0 Å². The maximum atomic E-state index is 5.84. The quantitative estimate of drug-likeness (QED) is 0.548.